The quantitative estimate of drug-likeness (QED) is 0.681. The largest absolute Gasteiger partial charge is 0.355 e. The highest BCUT2D eigenvalue weighted by molar-refractivity contribution is 5.82. The van der Waals surface area contributed by atoms with Crippen LogP contribution >= 0.6 is 0 Å². The predicted octanol–water partition coefficient (Wildman–Crippen LogP) is 1.67. The molecular formula is C12H24N2O. The molecule has 3 N–H and O–H groups in total. The van der Waals surface area contributed by atoms with Crippen LogP contribution in [0.4, 0.5) is 0 Å². The molecule has 0 heterocycles. The molecule has 1 aliphatic carbocycles. The molecule has 1 fully saturated rings. The van der Waals surface area contributed by atoms with Gasteiger partial charge in [0.1, 0.15) is 0 Å². The van der Waals surface area contributed by atoms with Crippen molar-refractivity contribution in [3.05, 3.63) is 0 Å². The molecule has 0 saturated heterocycles. The lowest BCUT2D eigenvalue weighted by molar-refractivity contribution is -0.124. The van der Waals surface area contributed by atoms with E-state index in [1.165, 1.54) is 19.3 Å². The van der Waals surface area contributed by atoms with Crippen molar-refractivity contribution in [3.8, 4) is 0 Å². The molecule has 1 amide bonds. The lowest BCUT2D eigenvalue weighted by Crippen LogP contribution is -2.48. The van der Waals surface area contributed by atoms with Crippen molar-refractivity contribution in [2.24, 2.45) is 17.1 Å². The lowest BCUT2D eigenvalue weighted by Gasteiger charge is -2.25. The van der Waals surface area contributed by atoms with Gasteiger partial charge in [-0.3, -0.25) is 4.79 Å². The number of hydrogen-bond donors (Lipinski definition) is 2. The van der Waals surface area contributed by atoms with Gasteiger partial charge in [-0.15, -0.1) is 0 Å². The molecule has 0 unspecified atom stereocenters. The van der Waals surface area contributed by atoms with Crippen LogP contribution < -0.4 is 11.1 Å². The highest BCUT2D eigenvalue weighted by atomic mass is 16.2. The predicted molar refractivity (Wildman–Crippen MR) is 62.4 cm³/mol. The van der Waals surface area contributed by atoms with Crippen LogP contribution in [0, 0.1) is 11.3 Å². The second kappa shape index (κ2) is 4.97. The van der Waals surface area contributed by atoms with Gasteiger partial charge >= 0.3 is 0 Å². The summed E-state index contributed by atoms with van der Waals surface area (Å²) in [7, 11) is 0. The zero-order valence-electron chi connectivity index (χ0n) is 10.2. The summed E-state index contributed by atoms with van der Waals surface area (Å²) in [5.41, 5.74) is 5.68. The molecule has 3 nitrogen and oxygen atoms in total. The maximum Gasteiger partial charge on any atom is 0.237 e. The molecule has 0 aliphatic heterocycles. The summed E-state index contributed by atoms with van der Waals surface area (Å²) in [6, 6.07) is -0.404. The smallest absolute Gasteiger partial charge is 0.237 e. The van der Waals surface area contributed by atoms with Gasteiger partial charge in [-0.05, 0) is 24.2 Å². The van der Waals surface area contributed by atoms with E-state index in [2.05, 4.69) is 5.32 Å². The molecule has 1 aliphatic rings. The maximum absolute atomic E-state index is 11.6. The van der Waals surface area contributed by atoms with Gasteiger partial charge in [-0.2, -0.15) is 0 Å². The molecule has 0 bridgehead atoms. The van der Waals surface area contributed by atoms with E-state index in [0.29, 0.717) is 0 Å². The van der Waals surface area contributed by atoms with Gasteiger partial charge < -0.3 is 11.1 Å². The standard InChI is InChI=1S/C12H24N2O/c1-12(2,3)10(13)11(15)14-8-4-5-9-6-7-9/h9-10H,4-8,13H2,1-3H3,(H,14,15)/t10-/m1/s1. The van der Waals surface area contributed by atoms with Crippen LogP contribution in [-0.2, 0) is 4.79 Å². The molecule has 0 aromatic heterocycles. The van der Waals surface area contributed by atoms with E-state index < -0.39 is 6.04 Å². The number of carbonyl (C=O) groups excluding carboxylic acids is 1. The summed E-state index contributed by atoms with van der Waals surface area (Å²) in [4.78, 5) is 11.6. The Bertz CT molecular complexity index is 216. The molecule has 1 atom stereocenters. The van der Waals surface area contributed by atoms with Crippen molar-refractivity contribution < 1.29 is 4.79 Å². The molecular weight excluding hydrogens is 188 g/mol. The van der Waals surface area contributed by atoms with Gasteiger partial charge in [0, 0.05) is 6.54 Å². The Kier molecular flexibility index (Phi) is 4.14. The third-order valence-electron chi connectivity index (χ3n) is 3.00. The van der Waals surface area contributed by atoms with Gasteiger partial charge in [0.05, 0.1) is 6.04 Å². The number of rotatable bonds is 5. The van der Waals surface area contributed by atoms with Crippen molar-refractivity contribution in [1.82, 2.24) is 5.32 Å². The molecule has 1 saturated carbocycles. The SMILES string of the molecule is CC(C)(C)[C@H](N)C(=O)NCCCC1CC1. The Morgan fingerprint density at radius 3 is 2.53 bits per heavy atom. The van der Waals surface area contributed by atoms with E-state index in [4.69, 9.17) is 5.73 Å². The zero-order chi connectivity index (χ0) is 11.5. The maximum atomic E-state index is 11.6. The zero-order valence-corrected chi connectivity index (χ0v) is 10.2. The van der Waals surface area contributed by atoms with Crippen LogP contribution in [0.3, 0.4) is 0 Å². The number of hydrogen-bond acceptors (Lipinski definition) is 2. The van der Waals surface area contributed by atoms with E-state index in [-0.39, 0.29) is 11.3 Å². The Labute approximate surface area is 92.8 Å². The average molecular weight is 212 g/mol. The first kappa shape index (κ1) is 12.5. The minimum Gasteiger partial charge on any atom is -0.355 e. The first-order valence-electron chi connectivity index (χ1n) is 5.94. The van der Waals surface area contributed by atoms with E-state index in [1.54, 1.807) is 0 Å². The van der Waals surface area contributed by atoms with Gasteiger partial charge in [0.15, 0.2) is 0 Å². The molecule has 3 heteroatoms. The number of carbonyl (C=O) groups is 1. The topological polar surface area (TPSA) is 55.1 Å². The van der Waals surface area contributed by atoms with Crippen LogP contribution in [0.15, 0.2) is 0 Å². The molecule has 0 radical (unpaired) electrons. The molecule has 0 spiro atoms. The van der Waals surface area contributed by atoms with Crippen molar-refractivity contribution in [1.29, 1.82) is 0 Å². The van der Waals surface area contributed by atoms with Crippen LogP contribution in [0.25, 0.3) is 0 Å². The molecule has 0 aromatic rings. The third-order valence-corrected chi connectivity index (χ3v) is 3.00. The van der Waals surface area contributed by atoms with Gasteiger partial charge in [0.2, 0.25) is 5.91 Å². The summed E-state index contributed by atoms with van der Waals surface area (Å²) in [5.74, 6) is 0.927. The minimum absolute atomic E-state index is 0.0155. The van der Waals surface area contributed by atoms with Crippen molar-refractivity contribution in [3.63, 3.8) is 0 Å². The second-order valence-electron chi connectivity index (χ2n) is 5.72. The van der Waals surface area contributed by atoms with E-state index in [1.807, 2.05) is 20.8 Å². The summed E-state index contributed by atoms with van der Waals surface area (Å²) >= 11 is 0. The second-order valence-corrected chi connectivity index (χ2v) is 5.72. The van der Waals surface area contributed by atoms with Crippen LogP contribution in [0.5, 0.6) is 0 Å². The fourth-order valence-electron chi connectivity index (χ4n) is 1.51. The van der Waals surface area contributed by atoms with E-state index in [0.717, 1.165) is 18.9 Å². The van der Waals surface area contributed by atoms with E-state index >= 15 is 0 Å². The van der Waals surface area contributed by atoms with Gasteiger partial charge in [-0.1, -0.05) is 33.6 Å². The Hall–Kier alpha value is -0.570. The van der Waals surface area contributed by atoms with Crippen LogP contribution in [-0.4, -0.2) is 18.5 Å². The fraction of sp³-hybridized carbons (Fsp3) is 0.917. The Morgan fingerprint density at radius 1 is 1.47 bits per heavy atom. The normalized spacial score (nSPS) is 18.7. The number of nitrogens with one attached hydrogen (secondary N) is 1. The highest BCUT2D eigenvalue weighted by Crippen LogP contribution is 2.33. The van der Waals surface area contributed by atoms with Crippen LogP contribution in [0.1, 0.15) is 46.5 Å². The van der Waals surface area contributed by atoms with Crippen LogP contribution in [0.2, 0.25) is 0 Å². The number of nitrogens with two attached hydrogens (primary N) is 1. The Balaban J connectivity index is 2.11. The van der Waals surface area contributed by atoms with Gasteiger partial charge in [-0.25, -0.2) is 0 Å². The third kappa shape index (κ3) is 4.65. The lowest BCUT2D eigenvalue weighted by atomic mass is 9.87. The molecule has 15 heavy (non-hydrogen) atoms. The highest BCUT2D eigenvalue weighted by Gasteiger charge is 2.27. The summed E-state index contributed by atoms with van der Waals surface area (Å²) < 4.78 is 0. The number of amides is 1. The molecule has 0 aromatic carbocycles. The first-order chi connectivity index (χ1) is 6.91. The summed E-state index contributed by atoms with van der Waals surface area (Å²) in [6.45, 7) is 6.74. The van der Waals surface area contributed by atoms with E-state index in [9.17, 15) is 4.79 Å². The molecule has 88 valence electrons. The van der Waals surface area contributed by atoms with Gasteiger partial charge in [0.25, 0.3) is 0 Å². The minimum atomic E-state index is -0.404. The molecule has 1 rings (SSSR count). The summed E-state index contributed by atoms with van der Waals surface area (Å²) in [6.07, 6.45) is 5.11. The summed E-state index contributed by atoms with van der Waals surface area (Å²) in [5, 5.41) is 2.91. The fourth-order valence-corrected chi connectivity index (χ4v) is 1.51. The average Bonchev–Trinajstić information content (AvgIpc) is 2.93. The van der Waals surface area contributed by atoms with Crippen molar-refractivity contribution in [2.75, 3.05) is 6.54 Å². The van der Waals surface area contributed by atoms with Crippen molar-refractivity contribution in [2.45, 2.75) is 52.5 Å². The Morgan fingerprint density at radius 2 is 2.07 bits per heavy atom. The first-order valence-corrected chi connectivity index (χ1v) is 5.94. The monoisotopic (exact) mass is 212 g/mol. The van der Waals surface area contributed by atoms with Crippen molar-refractivity contribution >= 4 is 5.91 Å².